The third-order valence-electron chi connectivity index (χ3n) is 3.52. The van der Waals surface area contributed by atoms with E-state index in [1.165, 1.54) is 11.4 Å². The Morgan fingerprint density at radius 3 is 2.84 bits per heavy atom. The molecular formula is C14H26N4O. The van der Waals surface area contributed by atoms with E-state index in [0.29, 0.717) is 6.04 Å². The van der Waals surface area contributed by atoms with Crippen molar-refractivity contribution in [3.63, 3.8) is 0 Å². The Labute approximate surface area is 115 Å². The molecule has 1 saturated heterocycles. The number of aryl methyl sites for hydroxylation is 2. The molecule has 5 heteroatoms. The highest BCUT2D eigenvalue weighted by Gasteiger charge is 2.20. The lowest BCUT2D eigenvalue weighted by Crippen LogP contribution is -2.30. The summed E-state index contributed by atoms with van der Waals surface area (Å²) in [5, 5.41) is 8.09. The second-order valence-corrected chi connectivity index (χ2v) is 5.50. The molecule has 108 valence electrons. The van der Waals surface area contributed by atoms with Gasteiger partial charge in [-0.2, -0.15) is 5.10 Å². The fraction of sp³-hybridized carbons (Fsp3) is 0.786. The van der Waals surface area contributed by atoms with Gasteiger partial charge in [-0.05, 0) is 13.3 Å². The van der Waals surface area contributed by atoms with Gasteiger partial charge in [0.2, 0.25) is 0 Å². The zero-order valence-corrected chi connectivity index (χ0v) is 12.6. The minimum absolute atomic E-state index is 0.486. The first kappa shape index (κ1) is 14.3. The van der Waals surface area contributed by atoms with Crippen LogP contribution in [-0.2, 0) is 18.3 Å². The van der Waals surface area contributed by atoms with Crippen LogP contribution in [-0.4, -0.2) is 42.1 Å². The monoisotopic (exact) mass is 266 g/mol. The smallest absolute Gasteiger partial charge is 0.131 e. The third-order valence-corrected chi connectivity index (χ3v) is 3.52. The van der Waals surface area contributed by atoms with Crippen LogP contribution >= 0.6 is 0 Å². The normalized spacial score (nSPS) is 17.0. The molecule has 1 fully saturated rings. The second kappa shape index (κ2) is 6.39. The highest BCUT2D eigenvalue weighted by Crippen LogP contribution is 2.24. The number of anilines is 1. The fourth-order valence-corrected chi connectivity index (χ4v) is 2.56. The van der Waals surface area contributed by atoms with E-state index in [4.69, 9.17) is 4.74 Å². The summed E-state index contributed by atoms with van der Waals surface area (Å²) in [4.78, 5) is 2.41. The number of nitrogens with one attached hydrogen (secondary N) is 1. The molecule has 0 unspecified atom stereocenters. The number of hydrogen-bond donors (Lipinski definition) is 1. The minimum atomic E-state index is 0.486. The Bertz CT molecular complexity index is 406. The van der Waals surface area contributed by atoms with Gasteiger partial charge in [-0.1, -0.05) is 13.8 Å². The maximum absolute atomic E-state index is 5.54. The van der Waals surface area contributed by atoms with E-state index in [-0.39, 0.29) is 0 Å². The average Bonchev–Trinajstić information content (AvgIpc) is 2.57. The molecule has 0 atom stereocenters. The molecule has 0 aliphatic carbocycles. The lowest BCUT2D eigenvalue weighted by molar-refractivity contribution is 0.152. The van der Waals surface area contributed by atoms with Gasteiger partial charge in [0.05, 0.1) is 12.3 Å². The molecule has 1 aromatic rings. The molecule has 0 radical (unpaired) electrons. The molecule has 0 saturated carbocycles. The van der Waals surface area contributed by atoms with Crippen molar-refractivity contribution in [3.8, 4) is 0 Å². The molecule has 1 aliphatic rings. The second-order valence-electron chi connectivity index (χ2n) is 5.50. The van der Waals surface area contributed by atoms with Gasteiger partial charge < -0.3 is 15.0 Å². The lowest BCUT2D eigenvalue weighted by atomic mass is 10.2. The Kier molecular flexibility index (Phi) is 4.82. The summed E-state index contributed by atoms with van der Waals surface area (Å²) in [7, 11) is 2.03. The summed E-state index contributed by atoms with van der Waals surface area (Å²) in [6.45, 7) is 11.0. The zero-order valence-electron chi connectivity index (χ0n) is 12.6. The number of ether oxygens (including phenoxy) is 1. The number of aromatic nitrogens is 2. The molecule has 19 heavy (non-hydrogen) atoms. The maximum Gasteiger partial charge on any atom is 0.131 e. The van der Waals surface area contributed by atoms with E-state index in [9.17, 15) is 0 Å². The van der Waals surface area contributed by atoms with Crippen molar-refractivity contribution in [1.82, 2.24) is 15.1 Å². The van der Waals surface area contributed by atoms with E-state index in [2.05, 4.69) is 36.1 Å². The Morgan fingerprint density at radius 2 is 2.11 bits per heavy atom. The topological polar surface area (TPSA) is 42.3 Å². The van der Waals surface area contributed by atoms with Gasteiger partial charge >= 0.3 is 0 Å². The largest absolute Gasteiger partial charge is 0.380 e. The SMILES string of the molecule is Cc1nn(C)c(N2CCCOCC2)c1CNC(C)C. The molecule has 0 aromatic carbocycles. The summed E-state index contributed by atoms with van der Waals surface area (Å²) >= 11 is 0. The van der Waals surface area contributed by atoms with Crippen LogP contribution in [0.1, 0.15) is 31.5 Å². The van der Waals surface area contributed by atoms with E-state index in [0.717, 1.165) is 45.0 Å². The van der Waals surface area contributed by atoms with Crippen molar-refractivity contribution >= 4 is 5.82 Å². The third kappa shape index (κ3) is 3.48. The van der Waals surface area contributed by atoms with Gasteiger partial charge in [-0.15, -0.1) is 0 Å². The van der Waals surface area contributed by atoms with Gasteiger partial charge in [0.1, 0.15) is 5.82 Å². The molecule has 0 amide bonds. The van der Waals surface area contributed by atoms with Crippen LogP contribution in [0.4, 0.5) is 5.82 Å². The van der Waals surface area contributed by atoms with E-state index in [1.54, 1.807) is 0 Å². The fourth-order valence-electron chi connectivity index (χ4n) is 2.56. The molecule has 1 aliphatic heterocycles. The maximum atomic E-state index is 5.54. The first-order chi connectivity index (χ1) is 9.09. The van der Waals surface area contributed by atoms with E-state index >= 15 is 0 Å². The van der Waals surface area contributed by atoms with Crippen molar-refractivity contribution in [2.75, 3.05) is 31.2 Å². The predicted molar refractivity (Wildman–Crippen MR) is 77.6 cm³/mol. The summed E-state index contributed by atoms with van der Waals surface area (Å²) < 4.78 is 7.56. The zero-order chi connectivity index (χ0) is 13.8. The van der Waals surface area contributed by atoms with Crippen LogP contribution < -0.4 is 10.2 Å². The highest BCUT2D eigenvalue weighted by molar-refractivity contribution is 5.50. The number of rotatable bonds is 4. The quantitative estimate of drug-likeness (QED) is 0.896. The van der Waals surface area contributed by atoms with Crippen molar-refractivity contribution in [2.45, 2.75) is 39.8 Å². The lowest BCUT2D eigenvalue weighted by Gasteiger charge is -2.24. The molecule has 1 N–H and O–H groups in total. The average molecular weight is 266 g/mol. The highest BCUT2D eigenvalue weighted by atomic mass is 16.5. The van der Waals surface area contributed by atoms with E-state index in [1.807, 2.05) is 11.7 Å². The Balaban J connectivity index is 2.21. The van der Waals surface area contributed by atoms with E-state index < -0.39 is 0 Å². The van der Waals surface area contributed by atoms with Gasteiger partial charge in [0.25, 0.3) is 0 Å². The first-order valence-electron chi connectivity index (χ1n) is 7.18. The summed E-state index contributed by atoms with van der Waals surface area (Å²) in [6.07, 6.45) is 1.08. The van der Waals surface area contributed by atoms with Gasteiger partial charge in [-0.25, -0.2) is 0 Å². The summed E-state index contributed by atoms with van der Waals surface area (Å²) in [6, 6.07) is 0.486. The van der Waals surface area contributed by atoms with Crippen molar-refractivity contribution in [1.29, 1.82) is 0 Å². The van der Waals surface area contributed by atoms with Crippen LogP contribution in [0.25, 0.3) is 0 Å². The van der Waals surface area contributed by atoms with Crippen LogP contribution in [0, 0.1) is 6.92 Å². The molecule has 0 spiro atoms. The standard InChI is InChI=1S/C14H26N4O/c1-11(2)15-10-13-12(3)16-17(4)14(13)18-6-5-8-19-9-7-18/h11,15H,5-10H2,1-4H3. The molecule has 2 heterocycles. The Morgan fingerprint density at radius 1 is 1.32 bits per heavy atom. The minimum Gasteiger partial charge on any atom is -0.380 e. The molecule has 2 rings (SSSR count). The Hall–Kier alpha value is -1.07. The van der Waals surface area contributed by atoms with Crippen LogP contribution in [0.5, 0.6) is 0 Å². The summed E-state index contributed by atoms with van der Waals surface area (Å²) in [5.74, 6) is 1.25. The van der Waals surface area contributed by atoms with Crippen molar-refractivity contribution < 1.29 is 4.74 Å². The molecule has 5 nitrogen and oxygen atoms in total. The molecular weight excluding hydrogens is 240 g/mol. The molecule has 1 aromatic heterocycles. The van der Waals surface area contributed by atoms with Crippen molar-refractivity contribution in [2.24, 2.45) is 7.05 Å². The van der Waals surface area contributed by atoms with Gasteiger partial charge in [-0.3, -0.25) is 4.68 Å². The number of hydrogen-bond acceptors (Lipinski definition) is 4. The first-order valence-corrected chi connectivity index (χ1v) is 7.18. The van der Waals surface area contributed by atoms with Gasteiger partial charge in [0, 0.05) is 44.9 Å². The van der Waals surface area contributed by atoms with Crippen LogP contribution in [0.3, 0.4) is 0 Å². The summed E-state index contributed by atoms with van der Waals surface area (Å²) in [5.41, 5.74) is 2.44. The molecule has 0 bridgehead atoms. The van der Waals surface area contributed by atoms with Crippen LogP contribution in [0.15, 0.2) is 0 Å². The predicted octanol–water partition coefficient (Wildman–Crippen LogP) is 1.45. The number of nitrogens with zero attached hydrogens (tertiary/aromatic N) is 3. The van der Waals surface area contributed by atoms with Crippen molar-refractivity contribution in [3.05, 3.63) is 11.3 Å². The van der Waals surface area contributed by atoms with Gasteiger partial charge in [0.15, 0.2) is 0 Å². The van der Waals surface area contributed by atoms with Crippen LogP contribution in [0.2, 0.25) is 0 Å².